The minimum absolute atomic E-state index is 0.126. The lowest BCUT2D eigenvalue weighted by atomic mass is 10.1. The molecule has 1 aliphatic rings. The van der Waals surface area contributed by atoms with E-state index >= 15 is 0 Å². The third kappa shape index (κ3) is 1.93. The van der Waals surface area contributed by atoms with Crippen molar-refractivity contribution in [1.82, 2.24) is 5.32 Å². The second kappa shape index (κ2) is 3.91. The molecular formula is C10H9BrClNO. The Labute approximate surface area is 95.8 Å². The van der Waals surface area contributed by atoms with Crippen LogP contribution in [0.4, 0.5) is 0 Å². The van der Waals surface area contributed by atoms with E-state index in [0.717, 1.165) is 16.5 Å². The van der Waals surface area contributed by atoms with Gasteiger partial charge >= 0.3 is 0 Å². The molecule has 1 amide bonds. The summed E-state index contributed by atoms with van der Waals surface area (Å²) in [4.78, 5) is 11.0. The fourth-order valence-corrected chi connectivity index (χ4v) is 2.11. The van der Waals surface area contributed by atoms with Crippen LogP contribution in [-0.4, -0.2) is 5.91 Å². The van der Waals surface area contributed by atoms with E-state index < -0.39 is 0 Å². The molecule has 0 radical (unpaired) electrons. The Morgan fingerprint density at radius 2 is 2.29 bits per heavy atom. The van der Waals surface area contributed by atoms with Crippen molar-refractivity contribution in [3.63, 3.8) is 0 Å². The smallest absolute Gasteiger partial charge is 0.220 e. The van der Waals surface area contributed by atoms with Gasteiger partial charge in [0.25, 0.3) is 0 Å². The molecule has 1 N–H and O–H groups in total. The third-order valence-electron chi connectivity index (χ3n) is 2.34. The zero-order chi connectivity index (χ0) is 10.1. The van der Waals surface area contributed by atoms with Crippen LogP contribution in [0, 0.1) is 0 Å². The minimum atomic E-state index is 0.126. The Kier molecular flexibility index (Phi) is 2.79. The number of carbonyl (C=O) groups is 1. The Hall–Kier alpha value is -0.540. The summed E-state index contributed by atoms with van der Waals surface area (Å²) in [6, 6.07) is 5.89. The number of benzene rings is 1. The van der Waals surface area contributed by atoms with E-state index in [1.54, 1.807) is 0 Å². The normalized spacial score (nSPS) is 21.0. The molecule has 0 saturated carbocycles. The highest BCUT2D eigenvalue weighted by Gasteiger charge is 2.22. The molecule has 1 saturated heterocycles. The fraction of sp³-hybridized carbons (Fsp3) is 0.300. The fourth-order valence-electron chi connectivity index (χ4n) is 1.59. The second-order valence-corrected chi connectivity index (χ2v) is 4.59. The van der Waals surface area contributed by atoms with Gasteiger partial charge < -0.3 is 5.32 Å². The van der Waals surface area contributed by atoms with Gasteiger partial charge in [0, 0.05) is 10.9 Å². The minimum Gasteiger partial charge on any atom is -0.349 e. The molecule has 0 spiro atoms. The van der Waals surface area contributed by atoms with Crippen molar-refractivity contribution >= 4 is 33.4 Å². The molecular weight excluding hydrogens is 265 g/mol. The van der Waals surface area contributed by atoms with Crippen LogP contribution in [-0.2, 0) is 4.79 Å². The second-order valence-electron chi connectivity index (χ2n) is 3.33. The van der Waals surface area contributed by atoms with Crippen LogP contribution in [0.2, 0.25) is 5.02 Å². The average Bonchev–Trinajstić information content (AvgIpc) is 2.57. The number of carbonyl (C=O) groups excluding carboxylic acids is 1. The number of rotatable bonds is 1. The third-order valence-corrected chi connectivity index (χ3v) is 3.56. The van der Waals surface area contributed by atoms with E-state index in [1.807, 2.05) is 18.2 Å². The predicted octanol–water partition coefficient (Wildman–Crippen LogP) is 3.05. The first-order valence-corrected chi connectivity index (χ1v) is 5.58. The van der Waals surface area contributed by atoms with Crippen LogP contribution < -0.4 is 5.32 Å². The van der Waals surface area contributed by atoms with E-state index in [2.05, 4.69) is 21.2 Å². The first-order valence-electron chi connectivity index (χ1n) is 4.41. The van der Waals surface area contributed by atoms with E-state index in [0.29, 0.717) is 11.4 Å². The quantitative estimate of drug-likeness (QED) is 0.838. The zero-order valence-electron chi connectivity index (χ0n) is 7.39. The summed E-state index contributed by atoms with van der Waals surface area (Å²) in [5.41, 5.74) is 1.10. The molecule has 0 unspecified atom stereocenters. The van der Waals surface area contributed by atoms with Crippen LogP contribution in [0.25, 0.3) is 0 Å². The zero-order valence-corrected chi connectivity index (χ0v) is 9.73. The van der Waals surface area contributed by atoms with Gasteiger partial charge in [-0.3, -0.25) is 4.79 Å². The molecule has 0 aromatic heterocycles. The lowest BCUT2D eigenvalue weighted by molar-refractivity contribution is -0.119. The van der Waals surface area contributed by atoms with E-state index in [9.17, 15) is 4.79 Å². The summed E-state index contributed by atoms with van der Waals surface area (Å²) in [5.74, 6) is 0.126. The van der Waals surface area contributed by atoms with Crippen LogP contribution >= 0.6 is 27.5 Å². The Morgan fingerprint density at radius 1 is 1.50 bits per heavy atom. The number of hydrogen-bond donors (Lipinski definition) is 1. The van der Waals surface area contributed by atoms with Gasteiger partial charge in [0.05, 0.1) is 11.1 Å². The van der Waals surface area contributed by atoms with Crippen molar-refractivity contribution in [3.8, 4) is 0 Å². The van der Waals surface area contributed by atoms with E-state index in [1.165, 1.54) is 0 Å². The lowest BCUT2D eigenvalue weighted by Gasteiger charge is -2.10. The largest absolute Gasteiger partial charge is 0.349 e. The van der Waals surface area contributed by atoms with Gasteiger partial charge in [-0.1, -0.05) is 17.7 Å². The van der Waals surface area contributed by atoms with Gasteiger partial charge in [-0.15, -0.1) is 0 Å². The molecule has 1 fully saturated rings. The van der Waals surface area contributed by atoms with Crippen molar-refractivity contribution in [1.29, 1.82) is 0 Å². The highest BCUT2D eigenvalue weighted by atomic mass is 79.9. The summed E-state index contributed by atoms with van der Waals surface area (Å²) >= 11 is 9.25. The molecule has 1 atom stereocenters. The standard InChI is InChI=1S/C10H9BrClNO/c11-7-5-6(1-2-8(7)12)9-3-4-10(14)13-9/h1-2,5,9H,3-4H2,(H,13,14)/t9-/m0/s1. The molecule has 0 aliphatic carbocycles. The van der Waals surface area contributed by atoms with E-state index in [-0.39, 0.29) is 11.9 Å². The molecule has 2 rings (SSSR count). The van der Waals surface area contributed by atoms with Crippen molar-refractivity contribution < 1.29 is 4.79 Å². The van der Waals surface area contributed by atoms with E-state index in [4.69, 9.17) is 11.6 Å². The Bertz CT molecular complexity index is 380. The highest BCUT2D eigenvalue weighted by molar-refractivity contribution is 9.10. The summed E-state index contributed by atoms with van der Waals surface area (Å²) in [7, 11) is 0. The van der Waals surface area contributed by atoms with Crippen LogP contribution in [0.15, 0.2) is 22.7 Å². The summed E-state index contributed by atoms with van der Waals surface area (Å²) < 4.78 is 0.873. The van der Waals surface area contributed by atoms with Crippen LogP contribution in [0.1, 0.15) is 24.4 Å². The van der Waals surface area contributed by atoms with Gasteiger partial charge in [0.15, 0.2) is 0 Å². The van der Waals surface area contributed by atoms with Crippen LogP contribution in [0.3, 0.4) is 0 Å². The maximum Gasteiger partial charge on any atom is 0.220 e. The molecule has 14 heavy (non-hydrogen) atoms. The maximum atomic E-state index is 11.0. The van der Waals surface area contributed by atoms with Crippen molar-refractivity contribution in [2.45, 2.75) is 18.9 Å². The molecule has 1 heterocycles. The number of hydrogen-bond acceptors (Lipinski definition) is 1. The summed E-state index contributed by atoms with van der Waals surface area (Å²) in [5, 5.41) is 3.61. The van der Waals surface area contributed by atoms with Gasteiger partial charge in [-0.25, -0.2) is 0 Å². The lowest BCUT2D eigenvalue weighted by Crippen LogP contribution is -2.18. The van der Waals surface area contributed by atoms with Crippen molar-refractivity contribution in [3.05, 3.63) is 33.3 Å². The topological polar surface area (TPSA) is 29.1 Å². The molecule has 2 nitrogen and oxygen atoms in total. The predicted molar refractivity (Wildman–Crippen MR) is 59.3 cm³/mol. The molecule has 0 bridgehead atoms. The number of amides is 1. The van der Waals surface area contributed by atoms with Gasteiger partial charge in [-0.05, 0) is 40.0 Å². The SMILES string of the molecule is O=C1CC[C@@H](c2ccc(Cl)c(Br)c2)N1. The van der Waals surface area contributed by atoms with Gasteiger partial charge in [-0.2, -0.15) is 0 Å². The summed E-state index contributed by atoms with van der Waals surface area (Å²) in [6.45, 7) is 0. The van der Waals surface area contributed by atoms with Crippen molar-refractivity contribution in [2.75, 3.05) is 0 Å². The molecule has 74 valence electrons. The maximum absolute atomic E-state index is 11.0. The van der Waals surface area contributed by atoms with Gasteiger partial charge in [0.2, 0.25) is 5.91 Å². The molecule has 1 aromatic rings. The average molecular weight is 275 g/mol. The number of halogens is 2. The molecule has 1 aliphatic heterocycles. The highest BCUT2D eigenvalue weighted by Crippen LogP contribution is 2.29. The Morgan fingerprint density at radius 3 is 2.86 bits per heavy atom. The molecule has 4 heteroatoms. The molecule has 1 aromatic carbocycles. The summed E-state index contributed by atoms with van der Waals surface area (Å²) in [6.07, 6.45) is 1.48. The Balaban J connectivity index is 2.24. The first-order chi connectivity index (χ1) is 6.66. The van der Waals surface area contributed by atoms with Crippen molar-refractivity contribution in [2.24, 2.45) is 0 Å². The van der Waals surface area contributed by atoms with Gasteiger partial charge in [0.1, 0.15) is 0 Å². The van der Waals surface area contributed by atoms with Crippen LogP contribution in [0.5, 0.6) is 0 Å². The number of nitrogens with one attached hydrogen (secondary N) is 1. The first kappa shape index (κ1) is 9.99. The monoisotopic (exact) mass is 273 g/mol.